The highest BCUT2D eigenvalue weighted by atomic mass is 16.7. The van der Waals surface area contributed by atoms with Crippen LogP contribution in [-0.4, -0.2) is 56.2 Å². The Kier molecular flexibility index (Phi) is 6.31. The molecule has 0 atom stereocenters. The highest BCUT2D eigenvalue weighted by molar-refractivity contribution is 6.10. The van der Waals surface area contributed by atoms with Gasteiger partial charge < -0.3 is 25.0 Å². The molecule has 34 heavy (non-hydrogen) atoms. The van der Waals surface area contributed by atoms with Crippen molar-refractivity contribution >= 4 is 28.9 Å². The molecule has 0 aromatic heterocycles. The van der Waals surface area contributed by atoms with Crippen molar-refractivity contribution in [3.63, 3.8) is 0 Å². The van der Waals surface area contributed by atoms with E-state index in [0.717, 1.165) is 26.2 Å². The number of hydrogen-bond donors (Lipinski definition) is 2. The monoisotopic (exact) mass is 458 g/mol. The lowest BCUT2D eigenvalue weighted by atomic mass is 10.1. The second-order valence-corrected chi connectivity index (χ2v) is 8.21. The number of para-hydroxylation sites is 2. The first kappa shape index (κ1) is 21.8. The van der Waals surface area contributed by atoms with Crippen molar-refractivity contribution in [2.45, 2.75) is 0 Å². The van der Waals surface area contributed by atoms with Gasteiger partial charge in [0.1, 0.15) is 0 Å². The molecule has 0 spiro atoms. The van der Waals surface area contributed by atoms with Gasteiger partial charge in [0.05, 0.1) is 17.8 Å². The summed E-state index contributed by atoms with van der Waals surface area (Å²) in [5.74, 6) is 0.782. The standard InChI is InChI=1S/C26H26N4O4/c31-25(17-29-12-14-30(15-13-29)20-6-2-1-3-7-20)28-22-9-5-4-8-21(22)26(32)27-19-10-11-23-24(16-19)34-18-33-23/h1-11,16H,12-15,17-18H2,(H,27,32)(H,28,31). The number of nitrogens with zero attached hydrogens (tertiary/aromatic N) is 2. The summed E-state index contributed by atoms with van der Waals surface area (Å²) in [5.41, 5.74) is 2.66. The fourth-order valence-electron chi connectivity index (χ4n) is 4.16. The lowest BCUT2D eigenvalue weighted by molar-refractivity contribution is -0.117. The Bertz CT molecular complexity index is 1180. The number of anilines is 3. The van der Waals surface area contributed by atoms with Gasteiger partial charge in [-0.1, -0.05) is 30.3 Å². The maximum Gasteiger partial charge on any atom is 0.257 e. The Hall–Kier alpha value is -4.04. The van der Waals surface area contributed by atoms with Gasteiger partial charge in [0.15, 0.2) is 11.5 Å². The maximum absolute atomic E-state index is 12.9. The summed E-state index contributed by atoms with van der Waals surface area (Å²) < 4.78 is 10.7. The van der Waals surface area contributed by atoms with Crippen molar-refractivity contribution in [3.05, 3.63) is 78.4 Å². The summed E-state index contributed by atoms with van der Waals surface area (Å²) in [4.78, 5) is 30.1. The molecule has 0 aliphatic carbocycles. The van der Waals surface area contributed by atoms with Crippen LogP contribution in [0.2, 0.25) is 0 Å². The second kappa shape index (κ2) is 9.84. The number of rotatable bonds is 6. The molecule has 2 amide bonds. The third-order valence-electron chi connectivity index (χ3n) is 5.94. The van der Waals surface area contributed by atoms with E-state index < -0.39 is 0 Å². The van der Waals surface area contributed by atoms with E-state index in [1.807, 2.05) is 18.2 Å². The Morgan fingerprint density at radius 3 is 2.35 bits per heavy atom. The Morgan fingerprint density at radius 1 is 0.794 bits per heavy atom. The van der Waals surface area contributed by atoms with E-state index in [4.69, 9.17) is 9.47 Å². The average Bonchev–Trinajstić information content (AvgIpc) is 3.33. The van der Waals surface area contributed by atoms with Gasteiger partial charge in [0, 0.05) is 43.6 Å². The van der Waals surface area contributed by atoms with Gasteiger partial charge in [-0.25, -0.2) is 0 Å². The summed E-state index contributed by atoms with van der Waals surface area (Å²) >= 11 is 0. The molecule has 174 valence electrons. The van der Waals surface area contributed by atoms with Crippen molar-refractivity contribution in [3.8, 4) is 11.5 Å². The Morgan fingerprint density at radius 2 is 1.53 bits per heavy atom. The lowest BCUT2D eigenvalue weighted by Gasteiger charge is -2.35. The predicted octanol–water partition coefficient (Wildman–Crippen LogP) is 3.43. The van der Waals surface area contributed by atoms with E-state index in [0.29, 0.717) is 28.4 Å². The van der Waals surface area contributed by atoms with E-state index >= 15 is 0 Å². The minimum atomic E-state index is -0.314. The first-order valence-electron chi connectivity index (χ1n) is 11.3. The van der Waals surface area contributed by atoms with Crippen LogP contribution < -0.4 is 25.0 Å². The van der Waals surface area contributed by atoms with Crippen LogP contribution in [0.1, 0.15) is 10.4 Å². The number of piperazine rings is 1. The van der Waals surface area contributed by atoms with Crippen LogP contribution in [0.5, 0.6) is 11.5 Å². The number of hydrogen-bond acceptors (Lipinski definition) is 6. The largest absolute Gasteiger partial charge is 0.454 e. The van der Waals surface area contributed by atoms with Crippen LogP contribution in [0.25, 0.3) is 0 Å². The first-order chi connectivity index (χ1) is 16.7. The molecule has 3 aromatic rings. The number of nitrogens with one attached hydrogen (secondary N) is 2. The number of ether oxygens (including phenoxy) is 2. The van der Waals surface area contributed by atoms with Crippen molar-refractivity contribution in [2.24, 2.45) is 0 Å². The Labute approximate surface area is 198 Å². The molecule has 2 aliphatic heterocycles. The molecule has 8 nitrogen and oxygen atoms in total. The van der Waals surface area contributed by atoms with Crippen LogP contribution in [-0.2, 0) is 4.79 Å². The molecular weight excluding hydrogens is 432 g/mol. The molecule has 1 fully saturated rings. The molecule has 5 rings (SSSR count). The molecule has 0 saturated carbocycles. The van der Waals surface area contributed by atoms with Crippen LogP contribution in [0.15, 0.2) is 72.8 Å². The van der Waals surface area contributed by atoms with Gasteiger partial charge in [-0.15, -0.1) is 0 Å². The molecule has 0 unspecified atom stereocenters. The molecule has 0 radical (unpaired) electrons. The summed E-state index contributed by atoms with van der Waals surface area (Å²) in [6.45, 7) is 3.78. The number of fused-ring (bicyclic) bond motifs is 1. The van der Waals surface area contributed by atoms with Gasteiger partial charge in [0.25, 0.3) is 5.91 Å². The van der Waals surface area contributed by atoms with Crippen molar-refractivity contribution in [1.82, 2.24) is 4.90 Å². The van der Waals surface area contributed by atoms with E-state index in [-0.39, 0.29) is 25.2 Å². The third kappa shape index (κ3) is 4.97. The van der Waals surface area contributed by atoms with E-state index in [1.54, 1.807) is 42.5 Å². The van der Waals surface area contributed by atoms with E-state index in [1.165, 1.54) is 5.69 Å². The van der Waals surface area contributed by atoms with E-state index in [9.17, 15) is 9.59 Å². The first-order valence-corrected chi connectivity index (χ1v) is 11.3. The predicted molar refractivity (Wildman–Crippen MR) is 131 cm³/mol. The summed E-state index contributed by atoms with van der Waals surface area (Å²) in [6.07, 6.45) is 0. The maximum atomic E-state index is 12.9. The van der Waals surface area contributed by atoms with Crippen molar-refractivity contribution in [1.29, 1.82) is 0 Å². The highest BCUT2D eigenvalue weighted by Gasteiger charge is 2.21. The zero-order valence-electron chi connectivity index (χ0n) is 18.7. The van der Waals surface area contributed by atoms with Crippen LogP contribution >= 0.6 is 0 Å². The molecule has 0 bridgehead atoms. The summed E-state index contributed by atoms with van der Waals surface area (Å²) in [6, 6.07) is 22.5. The van der Waals surface area contributed by atoms with Crippen LogP contribution in [0, 0.1) is 0 Å². The van der Waals surface area contributed by atoms with Gasteiger partial charge in [-0.2, -0.15) is 0 Å². The lowest BCUT2D eigenvalue weighted by Crippen LogP contribution is -2.48. The quantitative estimate of drug-likeness (QED) is 0.589. The fourth-order valence-corrected chi connectivity index (χ4v) is 4.16. The fraction of sp³-hybridized carbons (Fsp3) is 0.231. The molecular formula is C26H26N4O4. The topological polar surface area (TPSA) is 83.1 Å². The van der Waals surface area contributed by atoms with Crippen molar-refractivity contribution < 1.29 is 19.1 Å². The third-order valence-corrected chi connectivity index (χ3v) is 5.94. The number of benzene rings is 3. The minimum absolute atomic E-state index is 0.142. The Balaban J connectivity index is 1.17. The molecule has 1 saturated heterocycles. The summed E-state index contributed by atoms with van der Waals surface area (Å²) in [5, 5.41) is 5.77. The number of carbonyl (C=O) groups excluding carboxylic acids is 2. The zero-order chi connectivity index (χ0) is 23.3. The average molecular weight is 459 g/mol. The smallest absolute Gasteiger partial charge is 0.257 e. The SMILES string of the molecule is O=C(CN1CCN(c2ccccc2)CC1)Nc1ccccc1C(=O)Nc1ccc2c(c1)OCO2. The normalized spacial score (nSPS) is 15.1. The number of amides is 2. The highest BCUT2D eigenvalue weighted by Crippen LogP contribution is 2.34. The molecule has 8 heteroatoms. The van der Waals surface area contributed by atoms with Gasteiger partial charge >= 0.3 is 0 Å². The number of carbonyl (C=O) groups is 2. The molecule has 2 heterocycles. The molecule has 3 aromatic carbocycles. The summed E-state index contributed by atoms with van der Waals surface area (Å²) in [7, 11) is 0. The van der Waals surface area contributed by atoms with Crippen molar-refractivity contribution in [2.75, 3.05) is 55.1 Å². The molecule has 2 N–H and O–H groups in total. The van der Waals surface area contributed by atoms with Crippen LogP contribution in [0.4, 0.5) is 17.1 Å². The molecule has 2 aliphatic rings. The zero-order valence-corrected chi connectivity index (χ0v) is 18.7. The van der Waals surface area contributed by atoms with Gasteiger partial charge in [-0.3, -0.25) is 14.5 Å². The van der Waals surface area contributed by atoms with Crippen LogP contribution in [0.3, 0.4) is 0 Å². The van der Waals surface area contributed by atoms with E-state index in [2.05, 4.69) is 32.6 Å². The van der Waals surface area contributed by atoms with Gasteiger partial charge in [-0.05, 0) is 36.4 Å². The minimum Gasteiger partial charge on any atom is -0.454 e. The van der Waals surface area contributed by atoms with Gasteiger partial charge in [0.2, 0.25) is 12.7 Å². The second-order valence-electron chi connectivity index (χ2n) is 8.21.